The van der Waals surface area contributed by atoms with Crippen LogP contribution in [-0.2, 0) is 11.2 Å². The Morgan fingerprint density at radius 1 is 1.50 bits per heavy atom. The zero-order valence-electron chi connectivity index (χ0n) is 7.59. The van der Waals surface area contributed by atoms with Gasteiger partial charge in [-0.2, -0.15) is 0 Å². The lowest BCUT2D eigenvalue weighted by atomic mass is 9.98. The van der Waals surface area contributed by atoms with Crippen molar-refractivity contribution in [3.63, 3.8) is 0 Å². The van der Waals surface area contributed by atoms with Crippen LogP contribution in [0.4, 0.5) is 4.39 Å². The third-order valence-electron chi connectivity index (χ3n) is 2.73. The van der Waals surface area contributed by atoms with Crippen molar-refractivity contribution in [2.75, 3.05) is 0 Å². The molecule has 0 aliphatic heterocycles. The second-order valence-corrected chi connectivity index (χ2v) is 4.26. The summed E-state index contributed by atoms with van der Waals surface area (Å²) >= 11 is 5.86. The first kappa shape index (κ1) is 9.66. The van der Waals surface area contributed by atoms with Gasteiger partial charge in [0.15, 0.2) is 0 Å². The van der Waals surface area contributed by atoms with E-state index in [4.69, 9.17) is 11.6 Å². The molecule has 1 nitrogen and oxygen atoms in total. The molecule has 1 aliphatic rings. The molecule has 0 heterocycles. The Kier molecular flexibility index (Phi) is 2.31. The van der Waals surface area contributed by atoms with Crippen LogP contribution >= 0.6 is 11.6 Å². The molecular weight excluding hydrogens is 203 g/mol. The molecule has 0 bridgehead atoms. The average molecular weight is 213 g/mol. The molecule has 74 valence electrons. The minimum atomic E-state index is -0.328. The van der Waals surface area contributed by atoms with Gasteiger partial charge in [-0.1, -0.05) is 17.7 Å². The summed E-state index contributed by atoms with van der Waals surface area (Å²) in [5, 5.41) is 0.415. The van der Waals surface area contributed by atoms with E-state index < -0.39 is 0 Å². The van der Waals surface area contributed by atoms with Crippen molar-refractivity contribution >= 4 is 17.9 Å². The maximum atomic E-state index is 13.3. The van der Waals surface area contributed by atoms with E-state index in [1.807, 2.05) is 0 Å². The van der Waals surface area contributed by atoms with Crippen LogP contribution in [0.2, 0.25) is 5.02 Å². The Bertz CT molecular complexity index is 351. The summed E-state index contributed by atoms with van der Waals surface area (Å²) in [5.74, 6) is -0.314. The van der Waals surface area contributed by atoms with Crippen LogP contribution in [0.15, 0.2) is 18.2 Å². The van der Waals surface area contributed by atoms with Crippen molar-refractivity contribution in [3.8, 4) is 0 Å². The monoisotopic (exact) mass is 212 g/mol. The van der Waals surface area contributed by atoms with Crippen LogP contribution < -0.4 is 0 Å². The molecule has 0 amide bonds. The summed E-state index contributed by atoms with van der Waals surface area (Å²) in [5.41, 5.74) is 0.144. The standard InChI is InChI=1S/C11H10ClFO/c12-9-2-1-3-10(13)8(9)6-11(7-14)4-5-11/h1-3,7H,4-6H2. The third-order valence-corrected chi connectivity index (χ3v) is 3.09. The lowest BCUT2D eigenvalue weighted by Crippen LogP contribution is -2.08. The predicted molar refractivity (Wildman–Crippen MR) is 52.8 cm³/mol. The Morgan fingerprint density at radius 3 is 2.71 bits per heavy atom. The molecule has 1 aliphatic carbocycles. The number of carbonyl (C=O) groups is 1. The number of benzene rings is 1. The Hall–Kier alpha value is -0.890. The first-order valence-electron chi connectivity index (χ1n) is 4.56. The van der Waals surface area contributed by atoms with E-state index in [0.717, 1.165) is 19.1 Å². The summed E-state index contributed by atoms with van der Waals surface area (Å²) in [6.45, 7) is 0. The molecule has 0 aromatic heterocycles. The van der Waals surface area contributed by atoms with Gasteiger partial charge in [-0.05, 0) is 31.4 Å². The lowest BCUT2D eigenvalue weighted by Gasteiger charge is -2.09. The first-order valence-corrected chi connectivity index (χ1v) is 4.94. The maximum Gasteiger partial charge on any atom is 0.127 e. The van der Waals surface area contributed by atoms with Crippen molar-refractivity contribution in [1.82, 2.24) is 0 Å². The normalized spacial score (nSPS) is 17.9. The second kappa shape index (κ2) is 3.35. The van der Waals surface area contributed by atoms with Crippen LogP contribution in [0.5, 0.6) is 0 Å². The van der Waals surface area contributed by atoms with Gasteiger partial charge in [0, 0.05) is 16.0 Å². The minimum Gasteiger partial charge on any atom is -0.303 e. The Balaban J connectivity index is 2.28. The fourth-order valence-electron chi connectivity index (χ4n) is 1.55. The van der Waals surface area contributed by atoms with E-state index in [-0.39, 0.29) is 11.2 Å². The average Bonchev–Trinajstić information content (AvgIpc) is 2.93. The predicted octanol–water partition coefficient (Wildman–Crippen LogP) is 3.00. The molecule has 0 N–H and O–H groups in total. The van der Waals surface area contributed by atoms with E-state index in [2.05, 4.69) is 0 Å². The van der Waals surface area contributed by atoms with Gasteiger partial charge in [0.25, 0.3) is 0 Å². The zero-order chi connectivity index (χ0) is 10.2. The molecule has 0 saturated heterocycles. The highest BCUT2D eigenvalue weighted by Gasteiger charge is 2.43. The molecule has 1 saturated carbocycles. The number of rotatable bonds is 3. The van der Waals surface area contributed by atoms with Gasteiger partial charge in [0.1, 0.15) is 12.1 Å². The van der Waals surface area contributed by atoms with E-state index in [9.17, 15) is 9.18 Å². The molecule has 1 fully saturated rings. The SMILES string of the molecule is O=CC1(Cc2c(F)cccc2Cl)CC1. The molecule has 1 aromatic carbocycles. The van der Waals surface area contributed by atoms with Gasteiger partial charge in [-0.3, -0.25) is 0 Å². The number of halogens is 2. The molecule has 0 atom stereocenters. The van der Waals surface area contributed by atoms with Crippen LogP contribution in [0.25, 0.3) is 0 Å². The van der Waals surface area contributed by atoms with Crippen molar-refractivity contribution in [2.45, 2.75) is 19.3 Å². The molecular formula is C11H10ClFO. The van der Waals surface area contributed by atoms with Crippen LogP contribution in [0.1, 0.15) is 18.4 Å². The molecule has 14 heavy (non-hydrogen) atoms. The van der Waals surface area contributed by atoms with Gasteiger partial charge < -0.3 is 4.79 Å². The molecule has 1 aromatic rings. The quantitative estimate of drug-likeness (QED) is 0.704. The number of carbonyl (C=O) groups excluding carboxylic acids is 1. The van der Waals surface area contributed by atoms with Crippen molar-refractivity contribution in [1.29, 1.82) is 0 Å². The van der Waals surface area contributed by atoms with E-state index in [1.165, 1.54) is 6.07 Å². The van der Waals surface area contributed by atoms with Crippen molar-refractivity contribution < 1.29 is 9.18 Å². The zero-order valence-corrected chi connectivity index (χ0v) is 8.35. The summed E-state index contributed by atoms with van der Waals surface area (Å²) in [6.07, 6.45) is 3.06. The maximum absolute atomic E-state index is 13.3. The highest BCUT2D eigenvalue weighted by Crippen LogP contribution is 2.47. The highest BCUT2D eigenvalue weighted by molar-refractivity contribution is 6.31. The fourth-order valence-corrected chi connectivity index (χ4v) is 1.78. The van der Waals surface area contributed by atoms with E-state index in [1.54, 1.807) is 12.1 Å². The van der Waals surface area contributed by atoms with Gasteiger partial charge in [0.2, 0.25) is 0 Å². The largest absolute Gasteiger partial charge is 0.303 e. The topological polar surface area (TPSA) is 17.1 Å². The highest BCUT2D eigenvalue weighted by atomic mass is 35.5. The molecule has 0 unspecified atom stereocenters. The van der Waals surface area contributed by atoms with Gasteiger partial charge >= 0.3 is 0 Å². The van der Waals surface area contributed by atoms with Crippen LogP contribution in [-0.4, -0.2) is 6.29 Å². The Labute approximate surface area is 86.9 Å². The summed E-state index contributed by atoms with van der Waals surface area (Å²) < 4.78 is 13.3. The van der Waals surface area contributed by atoms with Crippen molar-refractivity contribution in [2.24, 2.45) is 5.41 Å². The molecule has 0 spiro atoms. The van der Waals surface area contributed by atoms with E-state index >= 15 is 0 Å². The first-order chi connectivity index (χ1) is 6.67. The number of hydrogen-bond donors (Lipinski definition) is 0. The summed E-state index contributed by atoms with van der Waals surface area (Å²) in [6, 6.07) is 4.60. The molecule has 0 radical (unpaired) electrons. The number of aldehydes is 1. The van der Waals surface area contributed by atoms with Gasteiger partial charge in [-0.15, -0.1) is 0 Å². The second-order valence-electron chi connectivity index (χ2n) is 3.86. The van der Waals surface area contributed by atoms with Gasteiger partial charge in [0.05, 0.1) is 0 Å². The minimum absolute atomic E-state index is 0.314. The number of hydrogen-bond acceptors (Lipinski definition) is 1. The molecule has 3 heteroatoms. The van der Waals surface area contributed by atoms with Gasteiger partial charge in [-0.25, -0.2) is 4.39 Å². The van der Waals surface area contributed by atoms with E-state index in [0.29, 0.717) is 17.0 Å². The van der Waals surface area contributed by atoms with Crippen molar-refractivity contribution in [3.05, 3.63) is 34.6 Å². The Morgan fingerprint density at radius 2 is 2.21 bits per heavy atom. The summed E-state index contributed by atoms with van der Waals surface area (Å²) in [4.78, 5) is 10.8. The third kappa shape index (κ3) is 1.67. The molecule has 2 rings (SSSR count). The van der Waals surface area contributed by atoms with Crippen LogP contribution in [0, 0.1) is 11.2 Å². The summed E-state index contributed by atoms with van der Waals surface area (Å²) in [7, 11) is 0. The van der Waals surface area contributed by atoms with Crippen LogP contribution in [0.3, 0.4) is 0 Å². The lowest BCUT2D eigenvalue weighted by molar-refractivity contribution is -0.112. The smallest absolute Gasteiger partial charge is 0.127 e. The fraction of sp³-hybridized carbons (Fsp3) is 0.364.